The molecule has 0 saturated carbocycles. The second-order valence-corrected chi connectivity index (χ2v) is 13.1. The van der Waals surface area contributed by atoms with Gasteiger partial charge in [0.15, 0.2) is 16.3 Å². The Morgan fingerprint density at radius 2 is 1.80 bits per heavy atom. The molecule has 1 aliphatic heterocycles. The number of esters is 1. The van der Waals surface area contributed by atoms with Crippen molar-refractivity contribution in [1.29, 1.82) is 0 Å². The lowest BCUT2D eigenvalue weighted by Gasteiger charge is -2.24. The molecule has 45 heavy (non-hydrogen) atoms. The van der Waals surface area contributed by atoms with Gasteiger partial charge in [0.1, 0.15) is 6.61 Å². The number of aromatic nitrogens is 1. The maximum absolute atomic E-state index is 14.0. The minimum atomic E-state index is -0.679. The molecule has 0 aliphatic carbocycles. The molecule has 5 aromatic rings. The van der Waals surface area contributed by atoms with Gasteiger partial charge in [-0.2, -0.15) is 0 Å². The Kier molecular flexibility index (Phi) is 9.07. The Balaban J connectivity index is 1.39. The Labute approximate surface area is 280 Å². The maximum Gasteiger partial charge on any atom is 0.338 e. The van der Waals surface area contributed by atoms with E-state index in [4.69, 9.17) is 14.2 Å². The molecule has 7 nitrogen and oxygen atoms in total. The van der Waals surface area contributed by atoms with Crippen molar-refractivity contribution in [1.82, 2.24) is 4.57 Å². The molecule has 4 aromatic carbocycles. The SMILES string of the molecule is CCOC(=O)C1=C(C)N=c2s/c(=C\c3cc(Br)c(OCc4cccc5ccccc45)c(OC)c3)c(=O)n2[C@@H]1c1ccc(Br)cc1. The molecular formula is C35H28Br2N2O5S. The third kappa shape index (κ3) is 6.14. The minimum absolute atomic E-state index is 0.214. The predicted octanol–water partition coefficient (Wildman–Crippen LogP) is 7.06. The van der Waals surface area contributed by atoms with Gasteiger partial charge in [0, 0.05) is 4.47 Å². The van der Waals surface area contributed by atoms with Crippen LogP contribution in [0.4, 0.5) is 0 Å². The number of hydrogen-bond acceptors (Lipinski definition) is 7. The summed E-state index contributed by atoms with van der Waals surface area (Å²) in [7, 11) is 1.59. The summed E-state index contributed by atoms with van der Waals surface area (Å²) in [4.78, 5) is 32.3. The zero-order valence-electron chi connectivity index (χ0n) is 24.7. The molecule has 2 heterocycles. The monoisotopic (exact) mass is 746 g/mol. The summed E-state index contributed by atoms with van der Waals surface area (Å²) in [5.74, 6) is 0.597. The van der Waals surface area contributed by atoms with Crippen molar-refractivity contribution in [3.8, 4) is 11.5 Å². The number of fused-ring (bicyclic) bond motifs is 2. The lowest BCUT2D eigenvalue weighted by atomic mass is 9.96. The predicted molar refractivity (Wildman–Crippen MR) is 184 cm³/mol. The van der Waals surface area contributed by atoms with Gasteiger partial charge in [0.2, 0.25) is 0 Å². The molecule has 0 radical (unpaired) electrons. The summed E-state index contributed by atoms with van der Waals surface area (Å²) in [6, 6.07) is 24.9. The van der Waals surface area contributed by atoms with Crippen LogP contribution in [0.25, 0.3) is 16.8 Å². The fraction of sp³-hybridized carbons (Fsp3) is 0.171. The molecule has 0 saturated heterocycles. The lowest BCUT2D eigenvalue weighted by molar-refractivity contribution is -0.139. The van der Waals surface area contributed by atoms with Crippen LogP contribution in [0.15, 0.2) is 109 Å². The number of halogens is 2. The number of allylic oxidation sites excluding steroid dienone is 1. The van der Waals surface area contributed by atoms with Gasteiger partial charge < -0.3 is 14.2 Å². The second-order valence-electron chi connectivity index (χ2n) is 10.3. The van der Waals surface area contributed by atoms with E-state index >= 15 is 0 Å². The number of methoxy groups -OCH3 is 1. The van der Waals surface area contributed by atoms with Crippen molar-refractivity contribution >= 4 is 66.0 Å². The third-order valence-corrected chi connectivity index (χ3v) is 9.60. The van der Waals surface area contributed by atoms with Crippen LogP contribution in [0, 0.1) is 0 Å². The highest BCUT2D eigenvalue weighted by atomic mass is 79.9. The third-order valence-electron chi connectivity index (χ3n) is 7.50. The van der Waals surface area contributed by atoms with E-state index in [0.717, 1.165) is 31.9 Å². The second kappa shape index (κ2) is 13.2. The average molecular weight is 748 g/mol. The Morgan fingerprint density at radius 1 is 1.04 bits per heavy atom. The zero-order chi connectivity index (χ0) is 31.7. The summed E-state index contributed by atoms with van der Waals surface area (Å²) >= 11 is 8.40. The Bertz CT molecular complexity index is 2150. The first-order chi connectivity index (χ1) is 21.8. The van der Waals surface area contributed by atoms with E-state index in [0.29, 0.717) is 43.2 Å². The molecule has 0 unspecified atom stereocenters. The van der Waals surface area contributed by atoms with E-state index in [1.807, 2.05) is 60.7 Å². The lowest BCUT2D eigenvalue weighted by Crippen LogP contribution is -2.39. The number of thiazole rings is 1. The van der Waals surface area contributed by atoms with Crippen LogP contribution in [0.1, 0.15) is 36.6 Å². The Hall–Kier alpha value is -3.99. The number of ether oxygens (including phenoxy) is 3. The molecule has 0 fully saturated rings. The molecular weight excluding hydrogens is 720 g/mol. The number of nitrogens with zero attached hydrogens (tertiary/aromatic N) is 2. The molecule has 0 spiro atoms. The van der Waals surface area contributed by atoms with Gasteiger partial charge in [0.05, 0.1) is 40.0 Å². The molecule has 0 amide bonds. The summed E-state index contributed by atoms with van der Waals surface area (Å²) in [5, 5.41) is 2.28. The minimum Gasteiger partial charge on any atom is -0.493 e. The number of benzene rings is 4. The summed E-state index contributed by atoms with van der Waals surface area (Å²) in [6.45, 7) is 4.09. The van der Waals surface area contributed by atoms with Crippen molar-refractivity contribution in [2.24, 2.45) is 4.99 Å². The standard InChI is InChI=1S/C35H28Br2N2O5S/c1-4-43-34(41)30-20(2)38-35-39(31(30)23-12-14-25(36)15-13-23)33(40)29(45-35)18-21-16-27(37)32(28(17-21)42-3)44-19-24-10-7-9-22-8-5-6-11-26(22)24/h5-18,31H,4,19H2,1-3H3/b29-18-/t31-/m1/s1. The molecule has 6 rings (SSSR count). The van der Waals surface area contributed by atoms with Crippen LogP contribution < -0.4 is 24.4 Å². The largest absolute Gasteiger partial charge is 0.493 e. The van der Waals surface area contributed by atoms with Crippen LogP contribution >= 0.6 is 43.2 Å². The van der Waals surface area contributed by atoms with Gasteiger partial charge in [-0.3, -0.25) is 9.36 Å². The van der Waals surface area contributed by atoms with Crippen molar-refractivity contribution in [2.75, 3.05) is 13.7 Å². The Morgan fingerprint density at radius 3 is 2.56 bits per heavy atom. The van der Waals surface area contributed by atoms with Crippen LogP contribution in [0.3, 0.4) is 0 Å². The number of carbonyl (C=O) groups is 1. The molecule has 1 atom stereocenters. The van der Waals surface area contributed by atoms with E-state index in [9.17, 15) is 9.59 Å². The zero-order valence-corrected chi connectivity index (χ0v) is 28.7. The fourth-order valence-electron chi connectivity index (χ4n) is 5.43. The first-order valence-electron chi connectivity index (χ1n) is 14.2. The van der Waals surface area contributed by atoms with Crippen molar-refractivity contribution in [2.45, 2.75) is 26.5 Å². The van der Waals surface area contributed by atoms with Crippen LogP contribution in [0.5, 0.6) is 11.5 Å². The molecule has 1 aromatic heterocycles. The quantitative estimate of drug-likeness (QED) is 0.159. The first kappa shape index (κ1) is 31.0. The molecule has 0 N–H and O–H groups in total. The smallest absolute Gasteiger partial charge is 0.338 e. The number of carbonyl (C=O) groups excluding carboxylic acids is 1. The highest BCUT2D eigenvalue weighted by molar-refractivity contribution is 9.10. The number of hydrogen-bond donors (Lipinski definition) is 0. The fourth-order valence-corrected chi connectivity index (χ4v) is 7.32. The highest BCUT2D eigenvalue weighted by Crippen LogP contribution is 2.38. The highest BCUT2D eigenvalue weighted by Gasteiger charge is 2.33. The van der Waals surface area contributed by atoms with Crippen molar-refractivity contribution in [3.63, 3.8) is 0 Å². The summed E-state index contributed by atoms with van der Waals surface area (Å²) in [5.41, 5.74) is 3.18. The van der Waals surface area contributed by atoms with Gasteiger partial charge in [0.25, 0.3) is 5.56 Å². The van der Waals surface area contributed by atoms with Gasteiger partial charge in [-0.15, -0.1) is 0 Å². The van der Waals surface area contributed by atoms with Gasteiger partial charge in [-0.1, -0.05) is 81.9 Å². The summed E-state index contributed by atoms with van der Waals surface area (Å²) in [6.07, 6.45) is 1.80. The van der Waals surface area contributed by atoms with Crippen molar-refractivity contribution < 1.29 is 19.0 Å². The molecule has 10 heteroatoms. The normalized spacial score (nSPS) is 14.7. The van der Waals surface area contributed by atoms with Gasteiger partial charge >= 0.3 is 5.97 Å². The topological polar surface area (TPSA) is 79.1 Å². The van der Waals surface area contributed by atoms with E-state index in [-0.39, 0.29) is 12.2 Å². The van der Waals surface area contributed by atoms with E-state index in [1.54, 1.807) is 31.6 Å². The molecule has 1 aliphatic rings. The summed E-state index contributed by atoms with van der Waals surface area (Å²) < 4.78 is 21.0. The van der Waals surface area contributed by atoms with Crippen molar-refractivity contribution in [3.05, 3.63) is 135 Å². The first-order valence-corrected chi connectivity index (χ1v) is 16.6. The van der Waals surface area contributed by atoms with Crippen LogP contribution in [0.2, 0.25) is 0 Å². The maximum atomic E-state index is 14.0. The molecule has 0 bridgehead atoms. The van der Waals surface area contributed by atoms with E-state index < -0.39 is 12.0 Å². The van der Waals surface area contributed by atoms with E-state index in [2.05, 4.69) is 55.1 Å². The molecule has 228 valence electrons. The van der Waals surface area contributed by atoms with Crippen LogP contribution in [-0.4, -0.2) is 24.3 Å². The number of rotatable bonds is 8. The van der Waals surface area contributed by atoms with Gasteiger partial charge in [-0.05, 0) is 87.6 Å². The van der Waals surface area contributed by atoms with E-state index in [1.165, 1.54) is 11.3 Å². The average Bonchev–Trinajstić information content (AvgIpc) is 3.33. The van der Waals surface area contributed by atoms with Gasteiger partial charge in [-0.25, -0.2) is 9.79 Å². The van der Waals surface area contributed by atoms with Crippen LogP contribution in [-0.2, 0) is 16.1 Å².